The minimum atomic E-state index is -0.557. The normalized spacial score (nSPS) is 10.6. The molecular formula is C18H13ClN2O3. The Morgan fingerprint density at radius 2 is 1.92 bits per heavy atom. The van der Waals surface area contributed by atoms with Crippen molar-refractivity contribution in [1.29, 1.82) is 0 Å². The summed E-state index contributed by atoms with van der Waals surface area (Å²) in [6, 6.07) is 11.4. The van der Waals surface area contributed by atoms with E-state index in [0.717, 1.165) is 0 Å². The van der Waals surface area contributed by atoms with Gasteiger partial charge in [-0.25, -0.2) is 0 Å². The van der Waals surface area contributed by atoms with Gasteiger partial charge in [-0.1, -0.05) is 23.7 Å². The third-order valence-corrected chi connectivity index (χ3v) is 3.85. The first-order valence-electron chi connectivity index (χ1n) is 7.19. The van der Waals surface area contributed by atoms with Crippen LogP contribution in [0.5, 0.6) is 0 Å². The van der Waals surface area contributed by atoms with Crippen LogP contribution in [0.25, 0.3) is 10.9 Å². The van der Waals surface area contributed by atoms with Crippen molar-refractivity contribution in [3.05, 3.63) is 75.0 Å². The van der Waals surface area contributed by atoms with E-state index in [1.165, 1.54) is 19.2 Å². The summed E-state index contributed by atoms with van der Waals surface area (Å²) in [7, 11) is 0. The van der Waals surface area contributed by atoms with Gasteiger partial charge in [0.05, 0.1) is 0 Å². The molecule has 1 heterocycles. The van der Waals surface area contributed by atoms with E-state index in [4.69, 9.17) is 11.6 Å². The number of carbonyl (C=O) groups is 2. The number of fused-ring (bicyclic) bond motifs is 1. The minimum absolute atomic E-state index is 0.0296. The van der Waals surface area contributed by atoms with E-state index in [9.17, 15) is 14.4 Å². The van der Waals surface area contributed by atoms with Crippen LogP contribution in [0.2, 0.25) is 5.02 Å². The summed E-state index contributed by atoms with van der Waals surface area (Å²) in [4.78, 5) is 39.2. The van der Waals surface area contributed by atoms with Gasteiger partial charge in [-0.2, -0.15) is 0 Å². The van der Waals surface area contributed by atoms with Crippen molar-refractivity contribution >= 4 is 39.9 Å². The van der Waals surface area contributed by atoms with Gasteiger partial charge in [0.2, 0.25) is 5.43 Å². The van der Waals surface area contributed by atoms with Crippen LogP contribution in [-0.2, 0) is 0 Å². The van der Waals surface area contributed by atoms with Crippen molar-refractivity contribution in [2.45, 2.75) is 6.92 Å². The van der Waals surface area contributed by atoms with Crippen molar-refractivity contribution in [3.8, 4) is 0 Å². The molecule has 5 nitrogen and oxygen atoms in total. The molecular weight excluding hydrogens is 328 g/mol. The van der Waals surface area contributed by atoms with Crippen LogP contribution in [0.1, 0.15) is 27.6 Å². The second kappa shape index (κ2) is 6.29. The maximum absolute atomic E-state index is 12.5. The molecule has 120 valence electrons. The summed E-state index contributed by atoms with van der Waals surface area (Å²) < 4.78 is 0. The highest BCUT2D eigenvalue weighted by atomic mass is 35.5. The zero-order chi connectivity index (χ0) is 17.3. The molecule has 2 aromatic carbocycles. The Balaban J connectivity index is 1.97. The molecule has 6 heteroatoms. The van der Waals surface area contributed by atoms with Crippen LogP contribution in [0.4, 0.5) is 5.69 Å². The predicted molar refractivity (Wildman–Crippen MR) is 94.0 cm³/mol. The summed E-state index contributed by atoms with van der Waals surface area (Å²) in [5.41, 5.74) is 1.08. The molecule has 0 atom stereocenters. The first-order valence-corrected chi connectivity index (χ1v) is 7.57. The summed E-state index contributed by atoms with van der Waals surface area (Å²) in [6.45, 7) is 1.44. The molecule has 0 unspecified atom stereocenters. The molecule has 0 saturated heterocycles. The number of carbonyl (C=O) groups excluding carboxylic acids is 2. The third kappa shape index (κ3) is 3.07. The SMILES string of the molecule is CC(=O)c1cccc(NC(=O)c2c[nH]c3ccc(Cl)cc3c2=O)c1. The molecule has 0 fully saturated rings. The van der Waals surface area contributed by atoms with Crippen molar-refractivity contribution in [1.82, 2.24) is 4.98 Å². The lowest BCUT2D eigenvalue weighted by atomic mass is 10.1. The topological polar surface area (TPSA) is 79.0 Å². The smallest absolute Gasteiger partial charge is 0.261 e. The van der Waals surface area contributed by atoms with Gasteiger partial charge < -0.3 is 10.3 Å². The summed E-state index contributed by atoms with van der Waals surface area (Å²) in [5, 5.41) is 3.39. The Kier molecular flexibility index (Phi) is 4.18. The molecule has 0 aliphatic carbocycles. The van der Waals surface area contributed by atoms with Crippen LogP contribution >= 0.6 is 11.6 Å². The lowest BCUT2D eigenvalue weighted by molar-refractivity contribution is 0.101. The van der Waals surface area contributed by atoms with Gasteiger partial charge in [-0.3, -0.25) is 14.4 Å². The van der Waals surface area contributed by atoms with Gasteiger partial charge in [0.25, 0.3) is 5.91 Å². The molecule has 24 heavy (non-hydrogen) atoms. The molecule has 0 spiro atoms. The van der Waals surface area contributed by atoms with Gasteiger partial charge in [0.15, 0.2) is 5.78 Å². The lowest BCUT2D eigenvalue weighted by Gasteiger charge is -2.07. The number of anilines is 1. The number of rotatable bonds is 3. The number of ketones is 1. The van der Waals surface area contributed by atoms with Crippen LogP contribution in [0.3, 0.4) is 0 Å². The van der Waals surface area contributed by atoms with Gasteiger partial charge in [-0.15, -0.1) is 0 Å². The molecule has 1 amide bonds. The number of aromatic amines is 1. The summed E-state index contributed by atoms with van der Waals surface area (Å²) >= 11 is 5.91. The van der Waals surface area contributed by atoms with E-state index in [1.54, 1.807) is 36.4 Å². The Bertz CT molecular complexity index is 1020. The third-order valence-electron chi connectivity index (χ3n) is 3.61. The molecule has 0 aliphatic heterocycles. The molecule has 2 N–H and O–H groups in total. The van der Waals surface area contributed by atoms with Crippen LogP contribution in [0, 0.1) is 0 Å². The molecule has 0 bridgehead atoms. The number of hydrogen-bond donors (Lipinski definition) is 2. The Morgan fingerprint density at radius 1 is 1.12 bits per heavy atom. The largest absolute Gasteiger partial charge is 0.360 e. The van der Waals surface area contributed by atoms with Crippen molar-refractivity contribution in [2.75, 3.05) is 5.32 Å². The zero-order valence-corrected chi connectivity index (χ0v) is 13.5. The fourth-order valence-electron chi connectivity index (χ4n) is 2.37. The first kappa shape index (κ1) is 16.0. The van der Waals surface area contributed by atoms with Crippen LogP contribution in [0.15, 0.2) is 53.5 Å². The molecule has 3 aromatic rings. The monoisotopic (exact) mass is 340 g/mol. The fraction of sp³-hybridized carbons (Fsp3) is 0.0556. The number of pyridine rings is 1. The van der Waals surface area contributed by atoms with E-state index in [-0.39, 0.29) is 11.3 Å². The molecule has 3 rings (SSSR count). The number of Topliss-reactive ketones (excluding diaryl/α,β-unsaturated/α-hetero) is 1. The summed E-state index contributed by atoms with van der Waals surface area (Å²) in [5.74, 6) is -0.664. The highest BCUT2D eigenvalue weighted by molar-refractivity contribution is 6.31. The number of H-pyrrole nitrogens is 1. The van der Waals surface area contributed by atoms with Crippen LogP contribution < -0.4 is 10.7 Å². The Morgan fingerprint density at radius 3 is 2.67 bits per heavy atom. The number of nitrogens with one attached hydrogen (secondary N) is 2. The quantitative estimate of drug-likeness (QED) is 0.714. The summed E-state index contributed by atoms with van der Waals surface area (Å²) in [6.07, 6.45) is 1.36. The lowest BCUT2D eigenvalue weighted by Crippen LogP contribution is -2.22. The Hall–Kier alpha value is -2.92. The second-order valence-electron chi connectivity index (χ2n) is 5.31. The van der Waals surface area contributed by atoms with Gasteiger partial charge >= 0.3 is 0 Å². The number of halogens is 1. The van der Waals surface area contributed by atoms with E-state index in [2.05, 4.69) is 10.3 Å². The number of amides is 1. The number of benzene rings is 2. The molecule has 1 aromatic heterocycles. The van der Waals surface area contributed by atoms with E-state index in [0.29, 0.717) is 27.2 Å². The maximum atomic E-state index is 12.5. The number of aromatic nitrogens is 1. The van der Waals surface area contributed by atoms with E-state index < -0.39 is 11.3 Å². The average molecular weight is 341 g/mol. The molecule has 0 radical (unpaired) electrons. The first-order chi connectivity index (χ1) is 11.5. The van der Waals surface area contributed by atoms with Crippen LogP contribution in [-0.4, -0.2) is 16.7 Å². The van der Waals surface area contributed by atoms with Gasteiger partial charge in [-0.05, 0) is 37.3 Å². The fourth-order valence-corrected chi connectivity index (χ4v) is 2.55. The van der Waals surface area contributed by atoms with Crippen molar-refractivity contribution < 1.29 is 9.59 Å². The van der Waals surface area contributed by atoms with Gasteiger partial charge in [0.1, 0.15) is 5.56 Å². The zero-order valence-electron chi connectivity index (χ0n) is 12.7. The second-order valence-corrected chi connectivity index (χ2v) is 5.75. The van der Waals surface area contributed by atoms with Crippen molar-refractivity contribution in [3.63, 3.8) is 0 Å². The predicted octanol–water partition coefficient (Wildman–Crippen LogP) is 3.64. The standard InChI is InChI=1S/C18H13ClN2O3/c1-10(22)11-3-2-4-13(7-11)21-18(24)15-9-20-16-6-5-12(19)8-14(16)17(15)23/h2-9H,1H3,(H,20,23)(H,21,24). The molecule has 0 saturated carbocycles. The van der Waals surface area contributed by atoms with E-state index >= 15 is 0 Å². The van der Waals surface area contributed by atoms with Gasteiger partial charge in [0, 0.05) is 33.4 Å². The number of hydrogen-bond acceptors (Lipinski definition) is 3. The van der Waals surface area contributed by atoms with E-state index in [1.807, 2.05) is 0 Å². The highest BCUT2D eigenvalue weighted by Gasteiger charge is 2.14. The average Bonchev–Trinajstić information content (AvgIpc) is 2.56. The minimum Gasteiger partial charge on any atom is -0.360 e. The Labute approximate surface area is 142 Å². The highest BCUT2D eigenvalue weighted by Crippen LogP contribution is 2.16. The molecule has 0 aliphatic rings. The maximum Gasteiger partial charge on any atom is 0.261 e. The van der Waals surface area contributed by atoms with Crippen molar-refractivity contribution in [2.24, 2.45) is 0 Å².